The lowest BCUT2D eigenvalue weighted by atomic mass is 9.96. The summed E-state index contributed by atoms with van der Waals surface area (Å²) in [4.78, 5) is 14.0. The normalized spacial score (nSPS) is 16.4. The van der Waals surface area contributed by atoms with Gasteiger partial charge in [-0.3, -0.25) is 9.69 Å². The summed E-state index contributed by atoms with van der Waals surface area (Å²) in [6.45, 7) is 0. The van der Waals surface area contributed by atoms with E-state index < -0.39 is 6.04 Å². The average molecular weight is 260 g/mol. The van der Waals surface area contributed by atoms with Crippen LogP contribution in [0.3, 0.4) is 0 Å². The highest BCUT2D eigenvalue weighted by Crippen LogP contribution is 2.30. The van der Waals surface area contributed by atoms with Gasteiger partial charge in [0.25, 0.3) is 5.91 Å². The summed E-state index contributed by atoms with van der Waals surface area (Å²) in [7, 11) is 0. The first-order valence-corrected chi connectivity index (χ1v) is 6.36. The highest BCUT2D eigenvalue weighted by atomic mass is 16.2. The van der Waals surface area contributed by atoms with Gasteiger partial charge in [0.15, 0.2) is 0 Å². The monoisotopic (exact) mass is 260 g/mol. The average Bonchev–Trinajstić information content (AvgIpc) is 2.54. The topological polar surface area (TPSA) is 44.1 Å². The third-order valence-corrected chi connectivity index (χ3v) is 3.36. The van der Waals surface area contributed by atoms with Crippen LogP contribution < -0.4 is 0 Å². The van der Waals surface area contributed by atoms with Crippen LogP contribution in [-0.4, -0.2) is 10.8 Å². The van der Waals surface area contributed by atoms with Crippen molar-refractivity contribution in [2.45, 2.75) is 6.04 Å². The third-order valence-electron chi connectivity index (χ3n) is 3.36. The number of hydrogen-bond donors (Lipinski definition) is 0. The van der Waals surface area contributed by atoms with Crippen molar-refractivity contribution < 1.29 is 4.79 Å². The molecule has 0 fully saturated rings. The van der Waals surface area contributed by atoms with Gasteiger partial charge >= 0.3 is 0 Å². The molecule has 0 bridgehead atoms. The third kappa shape index (κ3) is 1.98. The zero-order valence-electron chi connectivity index (χ0n) is 10.7. The van der Waals surface area contributed by atoms with E-state index in [4.69, 9.17) is 0 Å². The molecule has 3 heteroatoms. The van der Waals surface area contributed by atoms with Crippen molar-refractivity contribution in [2.75, 3.05) is 0 Å². The molecule has 0 unspecified atom stereocenters. The van der Waals surface area contributed by atoms with Gasteiger partial charge in [0.05, 0.1) is 6.07 Å². The van der Waals surface area contributed by atoms with Gasteiger partial charge in [0, 0.05) is 11.8 Å². The van der Waals surface area contributed by atoms with Gasteiger partial charge in [-0.15, -0.1) is 0 Å². The molecule has 3 rings (SSSR count). The van der Waals surface area contributed by atoms with E-state index in [1.807, 2.05) is 48.5 Å². The summed E-state index contributed by atoms with van der Waals surface area (Å²) in [5, 5.41) is 9.43. The smallest absolute Gasteiger partial charge is 0.259 e. The zero-order valence-corrected chi connectivity index (χ0v) is 10.7. The number of nitrogens with zero attached hydrogens (tertiary/aromatic N) is 2. The number of amides is 1. The van der Waals surface area contributed by atoms with E-state index in [0.29, 0.717) is 5.56 Å². The Morgan fingerprint density at radius 3 is 2.50 bits per heavy atom. The summed E-state index contributed by atoms with van der Waals surface area (Å²) in [6, 6.07) is 18.3. The van der Waals surface area contributed by atoms with E-state index in [1.54, 1.807) is 18.3 Å². The second-order valence-corrected chi connectivity index (χ2v) is 4.55. The first kappa shape index (κ1) is 12.2. The minimum Gasteiger partial charge on any atom is -0.294 e. The lowest BCUT2D eigenvalue weighted by Crippen LogP contribution is -2.31. The first-order chi connectivity index (χ1) is 9.81. The maximum absolute atomic E-state index is 12.5. The van der Waals surface area contributed by atoms with Crippen molar-refractivity contribution >= 4 is 12.0 Å². The van der Waals surface area contributed by atoms with Crippen LogP contribution in [0, 0.1) is 11.3 Å². The molecule has 1 aliphatic rings. The first-order valence-electron chi connectivity index (χ1n) is 6.36. The Balaban J connectivity index is 2.01. The van der Waals surface area contributed by atoms with Crippen molar-refractivity contribution in [2.24, 2.45) is 0 Å². The van der Waals surface area contributed by atoms with Gasteiger partial charge in [-0.1, -0.05) is 42.5 Å². The molecule has 0 saturated heterocycles. The molecule has 1 amide bonds. The van der Waals surface area contributed by atoms with E-state index >= 15 is 0 Å². The molecule has 1 heterocycles. The van der Waals surface area contributed by atoms with Gasteiger partial charge in [0.1, 0.15) is 6.04 Å². The molecule has 20 heavy (non-hydrogen) atoms. The largest absolute Gasteiger partial charge is 0.294 e. The van der Waals surface area contributed by atoms with Crippen molar-refractivity contribution in [1.29, 1.82) is 5.26 Å². The number of rotatable bonds is 1. The molecule has 0 saturated carbocycles. The fraction of sp³-hybridized carbons (Fsp3) is 0.0588. The van der Waals surface area contributed by atoms with Crippen LogP contribution >= 0.6 is 0 Å². The molecule has 2 aromatic carbocycles. The van der Waals surface area contributed by atoms with Gasteiger partial charge in [-0.2, -0.15) is 5.26 Å². The van der Waals surface area contributed by atoms with Crippen molar-refractivity contribution in [1.82, 2.24) is 4.90 Å². The highest BCUT2D eigenvalue weighted by molar-refractivity contribution is 5.96. The van der Waals surface area contributed by atoms with E-state index in [-0.39, 0.29) is 5.91 Å². The molecule has 1 aliphatic heterocycles. The Hall–Kier alpha value is -2.86. The van der Waals surface area contributed by atoms with E-state index in [9.17, 15) is 10.1 Å². The molecule has 0 spiro atoms. The van der Waals surface area contributed by atoms with Crippen LogP contribution in [0.25, 0.3) is 6.08 Å². The van der Waals surface area contributed by atoms with Crippen molar-refractivity contribution in [3.8, 4) is 6.07 Å². The molecule has 96 valence electrons. The molecule has 0 aromatic heterocycles. The second-order valence-electron chi connectivity index (χ2n) is 4.55. The highest BCUT2D eigenvalue weighted by Gasteiger charge is 2.28. The minimum absolute atomic E-state index is 0.164. The van der Waals surface area contributed by atoms with Crippen LogP contribution in [0.1, 0.15) is 27.5 Å². The lowest BCUT2D eigenvalue weighted by Gasteiger charge is -2.28. The Morgan fingerprint density at radius 2 is 1.75 bits per heavy atom. The van der Waals surface area contributed by atoms with Gasteiger partial charge in [-0.25, -0.2) is 0 Å². The Bertz CT molecular complexity index is 713. The van der Waals surface area contributed by atoms with Crippen LogP contribution in [0.4, 0.5) is 0 Å². The van der Waals surface area contributed by atoms with Gasteiger partial charge < -0.3 is 0 Å². The number of hydrogen-bond acceptors (Lipinski definition) is 2. The molecule has 3 nitrogen and oxygen atoms in total. The molecular formula is C17H12N2O. The minimum atomic E-state index is -0.580. The standard InChI is InChI=1S/C17H12N2O/c18-12-16-15-9-5-4-6-13(15)10-11-19(16)17(20)14-7-2-1-3-8-14/h1-11,16H/t16-/m1/s1. The molecule has 2 aromatic rings. The summed E-state index contributed by atoms with van der Waals surface area (Å²) in [6.07, 6.45) is 3.55. The van der Waals surface area contributed by atoms with E-state index in [0.717, 1.165) is 11.1 Å². The van der Waals surface area contributed by atoms with Crippen LogP contribution in [0.15, 0.2) is 60.8 Å². The van der Waals surface area contributed by atoms with Crippen molar-refractivity contribution in [3.63, 3.8) is 0 Å². The Kier molecular flexibility index (Phi) is 3.06. The summed E-state index contributed by atoms with van der Waals surface area (Å²) >= 11 is 0. The molecular weight excluding hydrogens is 248 g/mol. The predicted molar refractivity (Wildman–Crippen MR) is 76.4 cm³/mol. The molecule has 0 N–H and O–H groups in total. The number of benzene rings is 2. The van der Waals surface area contributed by atoms with Crippen LogP contribution in [-0.2, 0) is 0 Å². The zero-order chi connectivity index (χ0) is 13.9. The van der Waals surface area contributed by atoms with E-state index in [2.05, 4.69) is 6.07 Å². The SMILES string of the molecule is N#C[C@@H]1c2ccccc2C=CN1C(=O)c1ccccc1. The Morgan fingerprint density at radius 1 is 1.05 bits per heavy atom. The van der Waals surface area contributed by atoms with Gasteiger partial charge in [0.2, 0.25) is 0 Å². The molecule has 0 radical (unpaired) electrons. The summed E-state index contributed by atoms with van der Waals surface area (Å²) in [5.41, 5.74) is 2.43. The van der Waals surface area contributed by atoms with Crippen molar-refractivity contribution in [3.05, 3.63) is 77.5 Å². The number of nitriles is 1. The fourth-order valence-electron chi connectivity index (χ4n) is 2.35. The van der Waals surface area contributed by atoms with Gasteiger partial charge in [-0.05, 0) is 29.3 Å². The second kappa shape index (κ2) is 5.02. The maximum atomic E-state index is 12.5. The Labute approximate surface area is 117 Å². The number of carbonyl (C=O) groups is 1. The fourth-order valence-corrected chi connectivity index (χ4v) is 2.35. The summed E-state index contributed by atoms with van der Waals surface area (Å²) in [5.74, 6) is -0.164. The number of carbonyl (C=O) groups excluding carboxylic acids is 1. The van der Waals surface area contributed by atoms with Crippen LogP contribution in [0.5, 0.6) is 0 Å². The molecule has 1 atom stereocenters. The summed E-state index contributed by atoms with van der Waals surface area (Å²) < 4.78 is 0. The number of fused-ring (bicyclic) bond motifs is 1. The maximum Gasteiger partial charge on any atom is 0.259 e. The molecule has 0 aliphatic carbocycles. The van der Waals surface area contributed by atoms with Crippen LogP contribution in [0.2, 0.25) is 0 Å². The predicted octanol–water partition coefficient (Wildman–Crippen LogP) is 3.38. The lowest BCUT2D eigenvalue weighted by molar-refractivity contribution is 0.0794. The van der Waals surface area contributed by atoms with E-state index in [1.165, 1.54) is 4.90 Å². The quantitative estimate of drug-likeness (QED) is 0.789.